The van der Waals surface area contributed by atoms with Crippen LogP contribution in [0, 0.1) is 5.41 Å². The second-order valence-corrected chi connectivity index (χ2v) is 11.4. The molecule has 216 valence electrons. The average Bonchev–Trinajstić information content (AvgIpc) is 3.34. The molecule has 0 aliphatic heterocycles. The summed E-state index contributed by atoms with van der Waals surface area (Å²) in [4.78, 5) is 20.6. The molecule has 16 heteroatoms. The highest BCUT2D eigenvalue weighted by atomic mass is 32.2. The first kappa shape index (κ1) is 29.5. The van der Waals surface area contributed by atoms with Gasteiger partial charge in [-0.3, -0.25) is 19.9 Å². The van der Waals surface area contributed by atoms with Gasteiger partial charge >= 0.3 is 12.4 Å². The lowest BCUT2D eigenvalue weighted by Gasteiger charge is -2.46. The molecule has 2 heterocycles. The fourth-order valence-corrected chi connectivity index (χ4v) is 6.80. The predicted molar refractivity (Wildman–Crippen MR) is 132 cm³/mol. The Morgan fingerprint density at radius 3 is 2.55 bits per heavy atom. The van der Waals surface area contributed by atoms with Crippen molar-refractivity contribution in [2.24, 2.45) is 16.1 Å². The number of carbonyl (C=O) groups is 1. The molecular weight excluding hydrogens is 566 g/mol. The Balaban J connectivity index is 1.81. The van der Waals surface area contributed by atoms with Crippen LogP contribution in [0.15, 0.2) is 46.2 Å². The van der Waals surface area contributed by atoms with Gasteiger partial charge in [0, 0.05) is 31.7 Å². The maximum atomic E-state index is 14.0. The van der Waals surface area contributed by atoms with E-state index in [-0.39, 0.29) is 35.7 Å². The molecule has 2 aromatic rings. The highest BCUT2D eigenvalue weighted by Gasteiger charge is 2.53. The fourth-order valence-electron chi connectivity index (χ4n) is 5.23. The van der Waals surface area contributed by atoms with Crippen LogP contribution in [-0.4, -0.2) is 65.7 Å². The molecular formula is C24H24F6N6O3S. The topological polar surface area (TPSA) is 134 Å². The molecule has 3 N–H and O–H groups in total. The molecule has 1 saturated carbocycles. The standard InChI is InChI=1S/C24H24F6N6O3S/c1-32-12-18(9-31)40(38,39)36(13-23(25,26)27)17-4-2-15-6-20-14(10-34-35-20)7-22(15,8-17)21(37)19-5-3-16(11-33-19)24(28,29)30/h3,5-6,9-12,17H,2,4,7-8,13,31H2,1H3,(H,34,35)/t17-,22-/m0/s1. The van der Waals surface area contributed by atoms with E-state index in [0.29, 0.717) is 35.3 Å². The van der Waals surface area contributed by atoms with Crippen molar-refractivity contribution in [1.29, 1.82) is 0 Å². The van der Waals surface area contributed by atoms with Gasteiger partial charge in [0.2, 0.25) is 10.0 Å². The number of allylic oxidation sites excluding steroid dienone is 2. The van der Waals surface area contributed by atoms with Gasteiger partial charge in [0.15, 0.2) is 5.78 Å². The Bertz CT molecular complexity index is 1480. The maximum absolute atomic E-state index is 14.0. The number of nitrogens with two attached hydrogens (primary N) is 1. The van der Waals surface area contributed by atoms with E-state index in [4.69, 9.17) is 5.73 Å². The maximum Gasteiger partial charge on any atom is 0.417 e. The van der Waals surface area contributed by atoms with Crippen LogP contribution in [0.2, 0.25) is 0 Å². The number of rotatable bonds is 7. The number of hydrogen-bond donors (Lipinski definition) is 2. The minimum absolute atomic E-state index is 0.0307. The summed E-state index contributed by atoms with van der Waals surface area (Å²) in [6.45, 7) is -1.85. The average molecular weight is 591 g/mol. The molecule has 1 fully saturated rings. The molecule has 2 aliphatic carbocycles. The fraction of sp³-hybridized carbons (Fsp3) is 0.417. The van der Waals surface area contributed by atoms with Gasteiger partial charge in [-0.05, 0) is 49.5 Å². The van der Waals surface area contributed by atoms with Crippen LogP contribution in [0.25, 0.3) is 6.08 Å². The Kier molecular flexibility index (Phi) is 7.70. The first-order valence-corrected chi connectivity index (χ1v) is 13.3. The van der Waals surface area contributed by atoms with Crippen LogP contribution >= 0.6 is 0 Å². The molecule has 0 spiro atoms. The highest BCUT2D eigenvalue weighted by molar-refractivity contribution is 7.93. The summed E-state index contributed by atoms with van der Waals surface area (Å²) in [7, 11) is -3.60. The van der Waals surface area contributed by atoms with Crippen molar-refractivity contribution in [2.75, 3.05) is 13.6 Å². The molecule has 0 radical (unpaired) electrons. The van der Waals surface area contributed by atoms with Crippen molar-refractivity contribution in [3.63, 3.8) is 0 Å². The molecule has 9 nitrogen and oxygen atoms in total. The van der Waals surface area contributed by atoms with Gasteiger partial charge in [-0.15, -0.1) is 0 Å². The number of ketones is 1. The number of aromatic amines is 1. The number of H-pyrrole nitrogens is 1. The van der Waals surface area contributed by atoms with Crippen LogP contribution in [0.1, 0.15) is 46.6 Å². The second kappa shape index (κ2) is 10.5. The summed E-state index contributed by atoms with van der Waals surface area (Å²) in [6.07, 6.45) is -5.13. The van der Waals surface area contributed by atoms with E-state index < -0.39 is 56.6 Å². The molecule has 40 heavy (non-hydrogen) atoms. The Morgan fingerprint density at radius 2 is 1.98 bits per heavy atom. The number of sulfonamides is 1. The van der Waals surface area contributed by atoms with E-state index >= 15 is 0 Å². The van der Waals surface area contributed by atoms with Crippen LogP contribution in [0.4, 0.5) is 26.3 Å². The van der Waals surface area contributed by atoms with Crippen LogP contribution in [0.3, 0.4) is 0 Å². The van der Waals surface area contributed by atoms with Gasteiger partial charge in [-0.2, -0.15) is 35.7 Å². The number of carbonyl (C=O) groups excluding carboxylic acids is 1. The quantitative estimate of drug-likeness (QED) is 0.286. The second-order valence-electron chi connectivity index (χ2n) is 9.51. The molecule has 2 atom stereocenters. The number of aliphatic imine (C=N–C) groups is 1. The molecule has 0 bridgehead atoms. The number of nitrogens with zero attached hydrogens (tertiary/aromatic N) is 4. The number of pyridine rings is 1. The van der Waals surface area contributed by atoms with Crippen molar-refractivity contribution in [2.45, 2.75) is 44.1 Å². The van der Waals surface area contributed by atoms with Crippen LogP contribution in [-0.2, 0) is 22.6 Å². The Hall–Kier alpha value is -3.53. The summed E-state index contributed by atoms with van der Waals surface area (Å²) in [5.74, 6) is -0.738. The van der Waals surface area contributed by atoms with Gasteiger partial charge in [-0.25, -0.2) is 8.42 Å². The molecule has 2 aliphatic rings. The highest BCUT2D eigenvalue weighted by Crippen LogP contribution is 2.51. The molecule has 0 unspecified atom stereocenters. The van der Waals surface area contributed by atoms with Crippen LogP contribution < -0.4 is 5.73 Å². The molecule has 0 saturated heterocycles. The lowest BCUT2D eigenvalue weighted by molar-refractivity contribution is -0.140. The van der Waals surface area contributed by atoms with Gasteiger partial charge in [0.05, 0.1) is 22.9 Å². The molecule has 2 aromatic heterocycles. The third kappa shape index (κ3) is 5.54. The van der Waals surface area contributed by atoms with Crippen molar-refractivity contribution < 1.29 is 39.6 Å². The summed E-state index contributed by atoms with van der Waals surface area (Å²) >= 11 is 0. The largest absolute Gasteiger partial charge is 0.417 e. The zero-order valence-corrected chi connectivity index (χ0v) is 21.7. The normalized spacial score (nSPS) is 22.2. The summed E-state index contributed by atoms with van der Waals surface area (Å²) in [5, 5.41) is 6.71. The molecule has 0 amide bonds. The number of halogens is 6. The van der Waals surface area contributed by atoms with Crippen molar-refractivity contribution >= 4 is 28.1 Å². The van der Waals surface area contributed by atoms with E-state index in [1.165, 1.54) is 13.2 Å². The summed E-state index contributed by atoms with van der Waals surface area (Å²) < 4.78 is 107. The lowest BCUT2D eigenvalue weighted by Crippen LogP contribution is -2.53. The minimum atomic E-state index is -4.94. The Labute approximate surface area is 224 Å². The summed E-state index contributed by atoms with van der Waals surface area (Å²) in [6, 6.07) is 0.273. The monoisotopic (exact) mass is 590 g/mol. The summed E-state index contributed by atoms with van der Waals surface area (Å²) in [5.41, 5.74) is 4.01. The van der Waals surface area contributed by atoms with E-state index in [1.54, 1.807) is 6.08 Å². The number of nitrogens with one attached hydrogen (secondary N) is 1. The Morgan fingerprint density at radius 1 is 1.25 bits per heavy atom. The number of alkyl halides is 6. The first-order valence-electron chi connectivity index (χ1n) is 11.9. The number of aromatic nitrogens is 3. The van der Waals surface area contributed by atoms with Crippen molar-refractivity contribution in [1.82, 2.24) is 19.5 Å². The van der Waals surface area contributed by atoms with E-state index in [2.05, 4.69) is 20.2 Å². The van der Waals surface area contributed by atoms with Crippen molar-refractivity contribution in [3.05, 3.63) is 63.7 Å². The van der Waals surface area contributed by atoms with E-state index in [0.717, 1.165) is 12.3 Å². The smallest absolute Gasteiger partial charge is 0.403 e. The molecule has 0 aromatic carbocycles. The third-order valence-electron chi connectivity index (χ3n) is 7.04. The van der Waals surface area contributed by atoms with E-state index in [9.17, 15) is 39.6 Å². The number of hydrogen-bond acceptors (Lipinski definition) is 7. The minimum Gasteiger partial charge on any atom is -0.403 e. The molecule has 4 rings (SSSR count). The van der Waals surface area contributed by atoms with Crippen LogP contribution in [0.5, 0.6) is 0 Å². The van der Waals surface area contributed by atoms with Gasteiger partial charge in [0.25, 0.3) is 0 Å². The van der Waals surface area contributed by atoms with E-state index in [1.807, 2.05) is 0 Å². The predicted octanol–water partition coefficient (Wildman–Crippen LogP) is 3.88. The zero-order valence-electron chi connectivity index (χ0n) is 20.9. The van der Waals surface area contributed by atoms with Gasteiger partial charge in [0.1, 0.15) is 17.1 Å². The zero-order chi connectivity index (χ0) is 29.5. The SMILES string of the molecule is CN=CC(=CN)S(=O)(=O)N(CC(F)(F)F)[C@H]1CCC2=Cc3[nH]ncc3C[C@]2(C(=O)c2ccc(C(F)(F)F)cn2)C1. The lowest BCUT2D eigenvalue weighted by atomic mass is 9.60. The third-order valence-corrected chi connectivity index (χ3v) is 8.92. The number of Topliss-reactive ketones (excluding diaryl/α,β-unsaturated/α-hetero) is 1. The van der Waals surface area contributed by atoms with Gasteiger partial charge in [-0.1, -0.05) is 5.57 Å². The van der Waals surface area contributed by atoms with Gasteiger partial charge < -0.3 is 5.73 Å². The first-order chi connectivity index (χ1) is 18.6. The number of fused-ring (bicyclic) bond motifs is 2. The van der Waals surface area contributed by atoms with Crippen molar-refractivity contribution in [3.8, 4) is 0 Å².